The molecule has 2 heterocycles. The van der Waals surface area contributed by atoms with E-state index in [2.05, 4.69) is 0 Å². The van der Waals surface area contributed by atoms with E-state index in [1.165, 1.54) is 7.85 Å². The Morgan fingerprint density at radius 3 is 1.73 bits per heavy atom. The van der Waals surface area contributed by atoms with E-state index in [-0.39, 0.29) is 25.6 Å². The molecule has 0 spiro atoms. The SMILES string of the molecule is Bc1c(O)c(O)c(O)c2c1ooc1c(O)c(B(O)O)c(O)c3sc4c(O)c(O)c(O)c2c4c13. The first-order chi connectivity index (χ1) is 15.5. The summed E-state index contributed by atoms with van der Waals surface area (Å²) in [6.07, 6.45) is 0. The number of aromatic hydroxyl groups is 8. The second-order valence-electron chi connectivity index (χ2n) is 7.29. The molecule has 0 radical (unpaired) electrons. The molecule has 168 valence electrons. The third-order valence-electron chi connectivity index (χ3n) is 5.55. The first-order valence-corrected chi connectivity index (χ1v) is 9.89. The lowest BCUT2D eigenvalue weighted by atomic mass is 9.78. The van der Waals surface area contributed by atoms with Crippen LogP contribution in [0.2, 0.25) is 0 Å². The molecule has 0 aliphatic rings. The monoisotopic (exact) mass is 474 g/mol. The average molecular weight is 474 g/mol. The van der Waals surface area contributed by atoms with Crippen LogP contribution in [-0.4, -0.2) is 65.9 Å². The van der Waals surface area contributed by atoms with Crippen molar-refractivity contribution in [3.05, 3.63) is 0 Å². The number of hydrogen-bond donors (Lipinski definition) is 10. The minimum atomic E-state index is -2.36. The van der Waals surface area contributed by atoms with Gasteiger partial charge in [0.1, 0.15) is 13.6 Å². The van der Waals surface area contributed by atoms with Crippen LogP contribution < -0.4 is 10.9 Å². The summed E-state index contributed by atoms with van der Waals surface area (Å²) in [5.74, 6) is -7.33. The first kappa shape index (κ1) is 20.8. The number of fused-ring (bicyclic) bond motifs is 2. The minimum absolute atomic E-state index is 0.160. The van der Waals surface area contributed by atoms with Crippen molar-refractivity contribution < 1.29 is 60.1 Å². The van der Waals surface area contributed by atoms with Crippen molar-refractivity contribution in [3.63, 3.8) is 0 Å². The summed E-state index contributed by atoms with van der Waals surface area (Å²) < 4.78 is 10.1. The second-order valence-corrected chi connectivity index (χ2v) is 8.31. The van der Waals surface area contributed by atoms with E-state index >= 15 is 0 Å². The Labute approximate surface area is 185 Å². The Bertz CT molecular complexity index is 1690. The zero-order valence-electron chi connectivity index (χ0n) is 16.3. The molecule has 0 atom stereocenters. The van der Waals surface area contributed by atoms with Crippen LogP contribution >= 0.6 is 11.3 Å². The number of benzene rings is 3. The van der Waals surface area contributed by atoms with Gasteiger partial charge in [-0.15, -0.1) is 11.3 Å². The lowest BCUT2D eigenvalue weighted by Crippen LogP contribution is -2.30. The summed E-state index contributed by atoms with van der Waals surface area (Å²) in [7, 11) is -1.10. The molecule has 10 N–H and O–H groups in total. The van der Waals surface area contributed by atoms with Crippen molar-refractivity contribution >= 4 is 79.3 Å². The van der Waals surface area contributed by atoms with Crippen molar-refractivity contribution in [2.24, 2.45) is 0 Å². The second kappa shape index (κ2) is 6.48. The fraction of sp³-hybridized carbons (Fsp3) is 0. The fourth-order valence-electron chi connectivity index (χ4n) is 3.95. The van der Waals surface area contributed by atoms with Gasteiger partial charge in [0, 0.05) is 16.2 Å². The van der Waals surface area contributed by atoms with Crippen LogP contribution in [0.5, 0.6) is 46.0 Å². The van der Waals surface area contributed by atoms with Gasteiger partial charge in [0.25, 0.3) is 0 Å². The minimum Gasteiger partial charge on any atom is -0.507 e. The van der Waals surface area contributed by atoms with Crippen molar-refractivity contribution in [1.82, 2.24) is 0 Å². The molecule has 3 aromatic carbocycles. The number of phenolic OH excluding ortho intramolecular Hbond substituents is 8. The summed E-state index contributed by atoms with van der Waals surface area (Å²) in [6.45, 7) is 0. The molecule has 0 saturated heterocycles. The zero-order valence-corrected chi connectivity index (χ0v) is 17.1. The van der Waals surface area contributed by atoms with Crippen molar-refractivity contribution in [2.75, 3.05) is 0 Å². The Morgan fingerprint density at radius 1 is 0.545 bits per heavy atom. The van der Waals surface area contributed by atoms with E-state index in [1.807, 2.05) is 0 Å². The van der Waals surface area contributed by atoms with Crippen LogP contribution in [0, 0.1) is 0 Å². The molecule has 0 aliphatic heterocycles. The Morgan fingerprint density at radius 2 is 1.09 bits per heavy atom. The summed E-state index contributed by atoms with van der Waals surface area (Å²) >= 11 is 0.623. The molecule has 33 heavy (non-hydrogen) atoms. The van der Waals surface area contributed by atoms with E-state index in [0.717, 1.165) is 0 Å². The van der Waals surface area contributed by atoms with Crippen LogP contribution in [0.3, 0.4) is 0 Å². The Balaban J connectivity index is 2.31. The lowest BCUT2D eigenvalue weighted by molar-refractivity contribution is 0.0898. The molecule has 0 amide bonds. The van der Waals surface area contributed by atoms with Gasteiger partial charge in [-0.2, -0.15) is 0 Å². The maximum atomic E-state index is 10.7. The zero-order chi connectivity index (χ0) is 24.1. The van der Waals surface area contributed by atoms with Crippen LogP contribution in [0.4, 0.5) is 0 Å². The van der Waals surface area contributed by atoms with Gasteiger partial charge in [-0.25, -0.2) is 0 Å². The van der Waals surface area contributed by atoms with Gasteiger partial charge >= 0.3 is 7.12 Å². The molecule has 5 rings (SSSR count). The van der Waals surface area contributed by atoms with E-state index in [1.54, 1.807) is 0 Å². The normalized spacial score (nSPS) is 11.8. The van der Waals surface area contributed by atoms with E-state index in [4.69, 9.17) is 9.15 Å². The van der Waals surface area contributed by atoms with Gasteiger partial charge in [0.2, 0.25) is 17.1 Å². The van der Waals surface area contributed by atoms with Gasteiger partial charge in [0.15, 0.2) is 34.3 Å². The standard InChI is InChI=1S/C18H12B2O12S/c19-5-9(23)12(26)8(22)3-1-2-4-16(32-31-15(3)5)10(24)6(20(29)30)11(25)18(4)33-17(2)14(28)13(27)7(1)21/h21-30H,19H2. The van der Waals surface area contributed by atoms with Crippen LogP contribution in [0.1, 0.15) is 0 Å². The van der Waals surface area contributed by atoms with Gasteiger partial charge in [-0.3, -0.25) is 9.15 Å². The van der Waals surface area contributed by atoms with Crippen molar-refractivity contribution in [1.29, 1.82) is 0 Å². The first-order valence-electron chi connectivity index (χ1n) is 9.08. The summed E-state index contributed by atoms with van der Waals surface area (Å²) in [4.78, 5) is 0. The largest absolute Gasteiger partial charge is 0.507 e. The van der Waals surface area contributed by atoms with Crippen LogP contribution in [-0.2, 0) is 0 Å². The third kappa shape index (κ3) is 2.37. The van der Waals surface area contributed by atoms with E-state index < -0.39 is 80.5 Å². The summed E-state index contributed by atoms with van der Waals surface area (Å²) in [5, 5.41) is 102. The molecule has 5 aromatic rings. The highest BCUT2D eigenvalue weighted by Crippen LogP contribution is 2.57. The molecule has 15 heteroatoms. The maximum Gasteiger partial charge on any atom is 0.496 e. The number of hydrogen-bond acceptors (Lipinski definition) is 13. The molecule has 0 bridgehead atoms. The smallest absolute Gasteiger partial charge is 0.496 e. The van der Waals surface area contributed by atoms with Crippen LogP contribution in [0.25, 0.3) is 42.1 Å². The number of thiophene rings is 1. The Kier molecular flexibility index (Phi) is 4.08. The fourth-order valence-corrected chi connectivity index (χ4v) is 5.16. The molecule has 0 saturated carbocycles. The molecule has 0 fully saturated rings. The summed E-state index contributed by atoms with van der Waals surface area (Å²) in [5.41, 5.74) is -1.96. The van der Waals surface area contributed by atoms with Crippen molar-refractivity contribution in [2.45, 2.75) is 0 Å². The maximum absolute atomic E-state index is 10.7. The van der Waals surface area contributed by atoms with Gasteiger partial charge < -0.3 is 50.9 Å². The molecular weight excluding hydrogens is 462 g/mol. The molecule has 0 unspecified atom stereocenters. The molecule has 12 nitrogen and oxygen atoms in total. The summed E-state index contributed by atoms with van der Waals surface area (Å²) in [6, 6.07) is 0. The number of rotatable bonds is 1. The quantitative estimate of drug-likeness (QED) is 0.0858. The highest BCUT2D eigenvalue weighted by Gasteiger charge is 2.33. The highest BCUT2D eigenvalue weighted by molar-refractivity contribution is 7.27. The molecule has 0 aliphatic carbocycles. The Hall–Kier alpha value is -4.07. The molecular formula is C18H12B2O12S. The van der Waals surface area contributed by atoms with Gasteiger partial charge in [-0.1, -0.05) is 0 Å². The van der Waals surface area contributed by atoms with Crippen molar-refractivity contribution in [3.8, 4) is 46.0 Å². The van der Waals surface area contributed by atoms with E-state index in [9.17, 15) is 50.9 Å². The van der Waals surface area contributed by atoms with E-state index in [0.29, 0.717) is 11.3 Å². The van der Waals surface area contributed by atoms with Gasteiger partial charge in [-0.05, 0) is 0 Å². The lowest BCUT2D eigenvalue weighted by Gasteiger charge is -2.13. The number of phenols is 8. The topological polar surface area (TPSA) is 229 Å². The predicted octanol–water partition coefficient (Wildman–Crippen LogP) is -0.308. The van der Waals surface area contributed by atoms with Gasteiger partial charge in [0.05, 0.1) is 25.6 Å². The molecule has 2 aromatic heterocycles. The average Bonchev–Trinajstić information content (AvgIpc) is 3.14. The third-order valence-corrected chi connectivity index (χ3v) is 6.75. The highest BCUT2D eigenvalue weighted by atomic mass is 32.1. The predicted molar refractivity (Wildman–Crippen MR) is 119 cm³/mol. The van der Waals surface area contributed by atoms with Crippen LogP contribution in [0.15, 0.2) is 9.15 Å².